The lowest BCUT2D eigenvalue weighted by Crippen LogP contribution is -2.08. The minimum absolute atomic E-state index is 0.0124. The number of aliphatic carboxylic acids is 1. The topological polar surface area (TPSA) is 54.4 Å². The van der Waals surface area contributed by atoms with Crippen molar-refractivity contribution in [3.05, 3.63) is 67.1 Å². The molecule has 168 valence electrons. The van der Waals surface area contributed by atoms with E-state index in [1.165, 1.54) is 18.2 Å². The molecule has 1 aliphatic rings. The zero-order chi connectivity index (χ0) is 23.6. The summed E-state index contributed by atoms with van der Waals surface area (Å²) in [5.74, 6) is -1.12. The van der Waals surface area contributed by atoms with Crippen LogP contribution in [0.2, 0.25) is 0 Å². The molecule has 1 aliphatic carbocycles. The highest BCUT2D eigenvalue weighted by molar-refractivity contribution is 9.10. The predicted octanol–water partition coefficient (Wildman–Crippen LogP) is 7.08. The van der Waals surface area contributed by atoms with Crippen LogP contribution in [0.4, 0.5) is 26.3 Å². The molecule has 3 nitrogen and oxygen atoms in total. The Morgan fingerprint density at radius 3 is 2.03 bits per heavy atom. The highest BCUT2D eigenvalue weighted by Gasteiger charge is 2.36. The standard InChI is InChI=1S/C10H8BrF3O2.C10H6BrF3O/c11-9-6(4-5-8(15)16)2-1-3-7(9)10(12,13)14;11-9-6-2-4-8(15)5(6)1-3-7(9)10(12,13)14/h1-3H,4-5H2,(H,15,16);1,3H,2,4H2. The molecule has 0 saturated heterocycles. The number of carboxylic acids is 1. The van der Waals surface area contributed by atoms with Gasteiger partial charge in [0.1, 0.15) is 0 Å². The average molecular weight is 576 g/mol. The van der Waals surface area contributed by atoms with E-state index in [-0.39, 0.29) is 27.6 Å². The second kappa shape index (κ2) is 9.72. The maximum atomic E-state index is 12.5. The Bertz CT molecular complexity index is 1000. The molecule has 0 aliphatic heterocycles. The first-order valence-corrected chi connectivity index (χ1v) is 10.3. The van der Waals surface area contributed by atoms with E-state index < -0.39 is 29.4 Å². The van der Waals surface area contributed by atoms with E-state index in [9.17, 15) is 35.9 Å². The van der Waals surface area contributed by atoms with E-state index in [1.807, 2.05) is 0 Å². The molecule has 0 heterocycles. The van der Waals surface area contributed by atoms with Crippen LogP contribution in [0, 0.1) is 0 Å². The SMILES string of the molecule is O=C(O)CCc1cccc(C(F)(F)F)c1Br.O=C1CCc2c1ccc(C(F)(F)F)c2Br. The first kappa shape index (κ1) is 25.4. The van der Waals surface area contributed by atoms with E-state index in [4.69, 9.17) is 5.11 Å². The molecule has 0 spiro atoms. The molecule has 0 radical (unpaired) electrons. The third-order valence-corrected chi connectivity index (χ3v) is 6.29. The summed E-state index contributed by atoms with van der Waals surface area (Å²) in [4.78, 5) is 21.6. The first-order valence-electron chi connectivity index (χ1n) is 8.71. The Balaban J connectivity index is 0.000000220. The average Bonchev–Trinajstić information content (AvgIpc) is 3.01. The summed E-state index contributed by atoms with van der Waals surface area (Å²) in [6.07, 6.45) is -8.24. The van der Waals surface area contributed by atoms with Gasteiger partial charge in [0.25, 0.3) is 0 Å². The number of carbonyl (C=O) groups excluding carboxylic acids is 1. The van der Waals surface area contributed by atoms with Crippen LogP contribution in [0.15, 0.2) is 39.3 Å². The predicted molar refractivity (Wildman–Crippen MR) is 107 cm³/mol. The third-order valence-electron chi connectivity index (χ3n) is 4.44. The van der Waals surface area contributed by atoms with Gasteiger partial charge in [0, 0.05) is 27.4 Å². The van der Waals surface area contributed by atoms with Crippen LogP contribution in [0.5, 0.6) is 0 Å². The van der Waals surface area contributed by atoms with Gasteiger partial charge in [-0.1, -0.05) is 18.2 Å². The number of benzene rings is 2. The van der Waals surface area contributed by atoms with Crippen LogP contribution in [-0.4, -0.2) is 16.9 Å². The van der Waals surface area contributed by atoms with Crippen molar-refractivity contribution in [2.75, 3.05) is 0 Å². The summed E-state index contributed by atoms with van der Waals surface area (Å²) >= 11 is 5.78. The van der Waals surface area contributed by atoms with Gasteiger partial charge in [0.15, 0.2) is 5.78 Å². The largest absolute Gasteiger partial charge is 0.481 e. The van der Waals surface area contributed by atoms with E-state index in [2.05, 4.69) is 31.9 Å². The Labute approximate surface area is 189 Å². The molecule has 31 heavy (non-hydrogen) atoms. The molecule has 1 N–H and O–H groups in total. The lowest BCUT2D eigenvalue weighted by Gasteiger charge is -2.11. The van der Waals surface area contributed by atoms with Crippen molar-refractivity contribution in [2.45, 2.75) is 38.0 Å². The number of alkyl halides is 6. The monoisotopic (exact) mass is 574 g/mol. The lowest BCUT2D eigenvalue weighted by molar-refractivity contribution is -0.139. The number of Topliss-reactive ketones (excluding diaryl/α,β-unsaturated/α-hetero) is 1. The highest BCUT2D eigenvalue weighted by atomic mass is 79.9. The minimum Gasteiger partial charge on any atom is -0.481 e. The number of fused-ring (bicyclic) bond motifs is 1. The fourth-order valence-electron chi connectivity index (χ4n) is 2.95. The van der Waals surface area contributed by atoms with Gasteiger partial charge in [-0.15, -0.1) is 0 Å². The number of hydrogen-bond donors (Lipinski definition) is 1. The van der Waals surface area contributed by atoms with Gasteiger partial charge in [0.05, 0.1) is 11.1 Å². The van der Waals surface area contributed by atoms with Gasteiger partial charge in [-0.25, -0.2) is 0 Å². The number of ketones is 1. The van der Waals surface area contributed by atoms with Crippen molar-refractivity contribution in [2.24, 2.45) is 0 Å². The number of carboxylic acid groups (broad SMARTS) is 1. The number of hydrogen-bond acceptors (Lipinski definition) is 2. The van der Waals surface area contributed by atoms with Crippen LogP contribution in [0.25, 0.3) is 0 Å². The van der Waals surface area contributed by atoms with E-state index in [1.54, 1.807) is 0 Å². The molecule has 0 atom stereocenters. The van der Waals surface area contributed by atoms with Crippen molar-refractivity contribution in [1.29, 1.82) is 0 Å². The molecule has 0 fully saturated rings. The van der Waals surface area contributed by atoms with Crippen molar-refractivity contribution < 1.29 is 41.0 Å². The third kappa shape index (κ3) is 6.31. The second-order valence-electron chi connectivity index (χ2n) is 6.54. The maximum absolute atomic E-state index is 12.5. The highest BCUT2D eigenvalue weighted by Crippen LogP contribution is 2.40. The Morgan fingerprint density at radius 2 is 1.48 bits per heavy atom. The number of rotatable bonds is 3. The molecule has 0 aromatic heterocycles. The second-order valence-corrected chi connectivity index (χ2v) is 8.13. The quantitative estimate of drug-likeness (QED) is 0.398. The lowest BCUT2D eigenvalue weighted by atomic mass is 10.1. The van der Waals surface area contributed by atoms with Crippen LogP contribution in [0.3, 0.4) is 0 Å². The van der Waals surface area contributed by atoms with Crippen LogP contribution >= 0.6 is 31.9 Å². The molecule has 0 saturated carbocycles. The zero-order valence-corrected chi connectivity index (χ0v) is 18.7. The fourth-order valence-corrected chi connectivity index (χ4v) is 4.41. The molecule has 3 rings (SSSR count). The summed E-state index contributed by atoms with van der Waals surface area (Å²) in [6.45, 7) is 0. The molecule has 11 heteroatoms. The van der Waals surface area contributed by atoms with Crippen LogP contribution < -0.4 is 0 Å². The zero-order valence-electron chi connectivity index (χ0n) is 15.5. The van der Waals surface area contributed by atoms with E-state index in [0.717, 1.165) is 12.1 Å². The molecular formula is C20H14Br2F6O3. The van der Waals surface area contributed by atoms with Gasteiger partial charge in [-0.2, -0.15) is 26.3 Å². The van der Waals surface area contributed by atoms with Gasteiger partial charge in [-0.3, -0.25) is 9.59 Å². The first-order chi connectivity index (χ1) is 14.2. The Morgan fingerprint density at radius 1 is 0.903 bits per heavy atom. The molecule has 2 aromatic rings. The van der Waals surface area contributed by atoms with E-state index in [0.29, 0.717) is 29.5 Å². The maximum Gasteiger partial charge on any atom is 0.417 e. The van der Waals surface area contributed by atoms with Gasteiger partial charge < -0.3 is 5.11 Å². The molecule has 0 amide bonds. The Kier molecular flexibility index (Phi) is 7.96. The van der Waals surface area contributed by atoms with Crippen molar-refractivity contribution in [3.8, 4) is 0 Å². The van der Waals surface area contributed by atoms with Crippen LogP contribution in [-0.2, 0) is 30.0 Å². The van der Waals surface area contributed by atoms with Crippen LogP contribution in [0.1, 0.15) is 45.5 Å². The smallest absolute Gasteiger partial charge is 0.417 e. The van der Waals surface area contributed by atoms with Gasteiger partial charge >= 0.3 is 18.3 Å². The number of aryl methyl sites for hydroxylation is 1. The fraction of sp³-hybridized carbons (Fsp3) is 0.300. The van der Waals surface area contributed by atoms with Crippen molar-refractivity contribution in [1.82, 2.24) is 0 Å². The minimum atomic E-state index is -4.43. The Hall–Kier alpha value is -1.88. The summed E-state index contributed by atoms with van der Waals surface area (Å²) in [5, 5.41) is 8.46. The molecule has 2 aromatic carbocycles. The summed E-state index contributed by atoms with van der Waals surface area (Å²) in [7, 11) is 0. The summed E-state index contributed by atoms with van der Waals surface area (Å²) in [5.41, 5.74) is -0.256. The number of carbonyl (C=O) groups is 2. The number of halogens is 8. The normalized spacial score (nSPS) is 13.5. The summed E-state index contributed by atoms with van der Waals surface area (Å²) < 4.78 is 74.9. The molecule has 0 bridgehead atoms. The van der Waals surface area contributed by atoms with Crippen molar-refractivity contribution >= 4 is 43.6 Å². The molecule has 0 unspecified atom stereocenters. The van der Waals surface area contributed by atoms with Gasteiger partial charge in [0.2, 0.25) is 0 Å². The summed E-state index contributed by atoms with van der Waals surface area (Å²) in [6, 6.07) is 5.91. The van der Waals surface area contributed by atoms with E-state index >= 15 is 0 Å². The molecular weight excluding hydrogens is 562 g/mol. The van der Waals surface area contributed by atoms with Crippen molar-refractivity contribution in [3.63, 3.8) is 0 Å². The van der Waals surface area contributed by atoms with Gasteiger partial charge in [-0.05, 0) is 68.0 Å².